The Hall–Kier alpha value is -1.46. The maximum absolute atomic E-state index is 11.7. The lowest BCUT2D eigenvalue weighted by Crippen LogP contribution is -2.23. The van der Waals surface area contributed by atoms with Crippen molar-refractivity contribution in [3.63, 3.8) is 0 Å². The van der Waals surface area contributed by atoms with E-state index in [0.717, 1.165) is 0 Å². The smallest absolute Gasteiger partial charge is 0.338 e. The molecule has 2 nitrogen and oxygen atoms in total. The molecule has 0 spiro atoms. The Morgan fingerprint density at radius 2 is 2.00 bits per heavy atom. The second kappa shape index (κ2) is 4.59. The Morgan fingerprint density at radius 3 is 2.50 bits per heavy atom. The minimum Gasteiger partial charge on any atom is -0.456 e. The Kier molecular flexibility index (Phi) is 3.62. The van der Waals surface area contributed by atoms with E-state index in [1.807, 2.05) is 0 Å². The van der Waals surface area contributed by atoms with E-state index in [-0.39, 0.29) is 0 Å². The van der Waals surface area contributed by atoms with E-state index in [1.54, 1.807) is 32.9 Å². The predicted octanol–water partition coefficient (Wildman–Crippen LogP) is 3.28. The zero-order valence-corrected chi connectivity index (χ0v) is 10.3. The fraction of sp³-hybridized carbons (Fsp3) is 0.308. The van der Waals surface area contributed by atoms with Gasteiger partial charge in [0.25, 0.3) is 0 Å². The molecule has 1 aromatic rings. The fourth-order valence-corrected chi connectivity index (χ4v) is 1.36. The van der Waals surface area contributed by atoms with Crippen molar-refractivity contribution in [2.24, 2.45) is 0 Å². The van der Waals surface area contributed by atoms with Crippen LogP contribution in [-0.2, 0) is 4.74 Å². The number of terminal acetylenes is 1. The number of hydrogen-bond acceptors (Lipinski definition) is 2. The van der Waals surface area contributed by atoms with Crippen LogP contribution in [0.5, 0.6) is 0 Å². The van der Waals surface area contributed by atoms with Crippen LogP contribution in [0.25, 0.3) is 0 Å². The van der Waals surface area contributed by atoms with Gasteiger partial charge in [-0.15, -0.1) is 6.42 Å². The molecule has 0 aliphatic heterocycles. The molecule has 0 aromatic heterocycles. The van der Waals surface area contributed by atoms with E-state index < -0.39 is 11.6 Å². The number of carbonyl (C=O) groups excluding carboxylic acids is 1. The van der Waals surface area contributed by atoms with Gasteiger partial charge in [0, 0.05) is 10.6 Å². The molecule has 0 unspecified atom stereocenters. The highest BCUT2D eigenvalue weighted by Gasteiger charge is 2.18. The first kappa shape index (κ1) is 12.6. The highest BCUT2D eigenvalue weighted by Crippen LogP contribution is 2.18. The van der Waals surface area contributed by atoms with E-state index in [0.29, 0.717) is 16.1 Å². The molecule has 3 heteroatoms. The molecular weight excluding hydrogens is 224 g/mol. The maximum Gasteiger partial charge on any atom is 0.338 e. The van der Waals surface area contributed by atoms with Gasteiger partial charge in [0.15, 0.2) is 0 Å². The van der Waals surface area contributed by atoms with Crippen LogP contribution in [0.2, 0.25) is 5.02 Å². The summed E-state index contributed by atoms with van der Waals surface area (Å²) in [5.74, 6) is 2.01. The SMILES string of the molecule is C#Cc1cc(Cl)cc(C(=O)OC(C)(C)C)c1. The summed E-state index contributed by atoms with van der Waals surface area (Å²) in [6, 6.07) is 4.74. The summed E-state index contributed by atoms with van der Waals surface area (Å²) in [5, 5.41) is 0.427. The monoisotopic (exact) mass is 236 g/mol. The Bertz CT molecular complexity index is 450. The van der Waals surface area contributed by atoms with Crippen molar-refractivity contribution in [1.29, 1.82) is 0 Å². The van der Waals surface area contributed by atoms with Crippen molar-refractivity contribution in [2.75, 3.05) is 0 Å². The lowest BCUT2D eigenvalue weighted by atomic mass is 10.1. The van der Waals surface area contributed by atoms with Crippen LogP contribution in [-0.4, -0.2) is 11.6 Å². The first-order valence-electron chi connectivity index (χ1n) is 4.82. The zero-order chi connectivity index (χ0) is 12.3. The number of benzene rings is 1. The Balaban J connectivity index is 3.01. The van der Waals surface area contributed by atoms with Crippen molar-refractivity contribution in [3.8, 4) is 12.3 Å². The van der Waals surface area contributed by atoms with Crippen molar-refractivity contribution in [2.45, 2.75) is 26.4 Å². The van der Waals surface area contributed by atoms with Gasteiger partial charge >= 0.3 is 5.97 Å². The summed E-state index contributed by atoms with van der Waals surface area (Å²) < 4.78 is 5.21. The van der Waals surface area contributed by atoms with Gasteiger partial charge in [-0.3, -0.25) is 0 Å². The standard InChI is InChI=1S/C13H13ClO2/c1-5-9-6-10(8-11(14)7-9)12(15)16-13(2,3)4/h1,6-8H,2-4H3. The lowest BCUT2D eigenvalue weighted by Gasteiger charge is -2.19. The van der Waals surface area contributed by atoms with Crippen LogP contribution in [0.3, 0.4) is 0 Å². The summed E-state index contributed by atoms with van der Waals surface area (Å²) in [7, 11) is 0. The van der Waals surface area contributed by atoms with Gasteiger partial charge in [-0.2, -0.15) is 0 Å². The fourth-order valence-electron chi connectivity index (χ4n) is 1.13. The summed E-state index contributed by atoms with van der Waals surface area (Å²) in [6.07, 6.45) is 5.25. The molecule has 84 valence electrons. The molecule has 1 aromatic carbocycles. The lowest BCUT2D eigenvalue weighted by molar-refractivity contribution is 0.00695. The Morgan fingerprint density at radius 1 is 1.38 bits per heavy atom. The number of carbonyl (C=O) groups is 1. The van der Waals surface area contributed by atoms with Crippen LogP contribution in [0.15, 0.2) is 18.2 Å². The molecule has 0 atom stereocenters. The van der Waals surface area contributed by atoms with Gasteiger partial charge < -0.3 is 4.74 Å². The van der Waals surface area contributed by atoms with Crippen LogP contribution in [0.1, 0.15) is 36.7 Å². The minimum absolute atomic E-state index is 0.371. The van der Waals surface area contributed by atoms with Crippen LogP contribution in [0.4, 0.5) is 0 Å². The molecule has 0 saturated heterocycles. The molecule has 0 saturated carbocycles. The van der Waals surface area contributed by atoms with Gasteiger partial charge in [-0.25, -0.2) is 4.79 Å². The number of ether oxygens (including phenoxy) is 1. The topological polar surface area (TPSA) is 26.3 Å². The average Bonchev–Trinajstić information content (AvgIpc) is 2.14. The van der Waals surface area contributed by atoms with Gasteiger partial charge in [-0.1, -0.05) is 17.5 Å². The van der Waals surface area contributed by atoms with E-state index in [2.05, 4.69) is 5.92 Å². The molecule has 0 radical (unpaired) electrons. The summed E-state index contributed by atoms with van der Waals surface area (Å²) >= 11 is 5.84. The first-order valence-corrected chi connectivity index (χ1v) is 5.20. The van der Waals surface area contributed by atoms with E-state index in [9.17, 15) is 4.79 Å². The molecule has 1 rings (SSSR count). The molecule has 0 heterocycles. The van der Waals surface area contributed by atoms with Gasteiger partial charge in [0.2, 0.25) is 0 Å². The minimum atomic E-state index is -0.532. The van der Waals surface area contributed by atoms with Crippen LogP contribution >= 0.6 is 11.6 Å². The van der Waals surface area contributed by atoms with Gasteiger partial charge in [0.1, 0.15) is 5.60 Å². The molecule has 0 amide bonds. The second-order valence-electron chi connectivity index (χ2n) is 4.37. The highest BCUT2D eigenvalue weighted by molar-refractivity contribution is 6.31. The summed E-state index contributed by atoms with van der Waals surface area (Å²) in [4.78, 5) is 11.7. The average molecular weight is 237 g/mol. The third kappa shape index (κ3) is 3.60. The molecule has 0 aliphatic carbocycles. The largest absolute Gasteiger partial charge is 0.456 e. The van der Waals surface area contributed by atoms with E-state index in [4.69, 9.17) is 22.8 Å². The normalized spacial score (nSPS) is 10.7. The number of rotatable bonds is 1. The predicted molar refractivity (Wildman–Crippen MR) is 64.6 cm³/mol. The zero-order valence-electron chi connectivity index (χ0n) is 9.50. The number of hydrogen-bond donors (Lipinski definition) is 0. The molecular formula is C13H13ClO2. The molecule has 0 bridgehead atoms. The summed E-state index contributed by atoms with van der Waals surface area (Å²) in [5.41, 5.74) is 0.402. The number of esters is 1. The third-order valence-corrected chi connectivity index (χ3v) is 1.92. The van der Waals surface area contributed by atoms with Crippen molar-refractivity contribution in [3.05, 3.63) is 34.3 Å². The maximum atomic E-state index is 11.7. The van der Waals surface area contributed by atoms with Crippen LogP contribution in [0, 0.1) is 12.3 Å². The first-order chi connectivity index (χ1) is 7.31. The number of halogens is 1. The molecule has 0 fully saturated rings. The molecule has 0 N–H and O–H groups in total. The van der Waals surface area contributed by atoms with E-state index >= 15 is 0 Å². The van der Waals surface area contributed by atoms with Crippen molar-refractivity contribution < 1.29 is 9.53 Å². The van der Waals surface area contributed by atoms with Gasteiger partial charge in [0.05, 0.1) is 5.56 Å². The molecule has 0 aliphatic rings. The van der Waals surface area contributed by atoms with Gasteiger partial charge in [-0.05, 0) is 39.0 Å². The highest BCUT2D eigenvalue weighted by atomic mass is 35.5. The Labute approximate surface area is 101 Å². The molecule has 16 heavy (non-hydrogen) atoms. The van der Waals surface area contributed by atoms with Crippen LogP contribution < -0.4 is 0 Å². The summed E-state index contributed by atoms with van der Waals surface area (Å²) in [6.45, 7) is 5.41. The van der Waals surface area contributed by atoms with Crippen molar-refractivity contribution in [1.82, 2.24) is 0 Å². The van der Waals surface area contributed by atoms with E-state index in [1.165, 1.54) is 6.07 Å². The quantitative estimate of drug-likeness (QED) is 0.553. The van der Waals surface area contributed by atoms with Crippen molar-refractivity contribution >= 4 is 17.6 Å². The second-order valence-corrected chi connectivity index (χ2v) is 4.81. The third-order valence-electron chi connectivity index (χ3n) is 1.70.